The molecule has 0 radical (unpaired) electrons. The third kappa shape index (κ3) is 31.0. The normalized spacial score (nSPS) is 13.4. The fraction of sp³-hybridized carbons (Fsp3) is 0.971. The fourth-order valence-electron chi connectivity index (χ4n) is 5.58. The number of phosphoric acid groups is 1. The molecule has 7 nitrogen and oxygen atoms in total. The van der Waals surface area contributed by atoms with Crippen LogP contribution in [0.1, 0.15) is 194 Å². The first-order valence-electron chi connectivity index (χ1n) is 18.0. The van der Waals surface area contributed by atoms with Gasteiger partial charge >= 0.3 is 7.82 Å². The molecule has 8 heteroatoms. The molecule has 0 aliphatic rings. The lowest BCUT2D eigenvalue weighted by atomic mass is 10.0. The van der Waals surface area contributed by atoms with E-state index in [-0.39, 0.29) is 5.91 Å². The van der Waals surface area contributed by atoms with Gasteiger partial charge in [0, 0.05) is 6.42 Å². The van der Waals surface area contributed by atoms with Crippen molar-refractivity contribution in [1.29, 1.82) is 0 Å². The predicted molar refractivity (Wildman–Crippen MR) is 177 cm³/mol. The van der Waals surface area contributed by atoms with Crippen LogP contribution in [0.3, 0.4) is 0 Å². The number of aliphatic hydroxyl groups is 1. The summed E-state index contributed by atoms with van der Waals surface area (Å²) in [6.07, 6.45) is 32.2. The zero-order chi connectivity index (χ0) is 31.2. The highest BCUT2D eigenvalue weighted by Crippen LogP contribution is 2.36. The lowest BCUT2D eigenvalue weighted by molar-refractivity contribution is -0.123. The second-order valence-electron chi connectivity index (χ2n) is 12.6. The summed E-state index contributed by atoms with van der Waals surface area (Å²) < 4.78 is 15.9. The second-order valence-corrected chi connectivity index (χ2v) is 13.8. The Hall–Kier alpha value is -0.460. The van der Waals surface area contributed by atoms with E-state index in [2.05, 4.69) is 23.7 Å². The summed E-state index contributed by atoms with van der Waals surface area (Å²) in [5.74, 6) is -0.193. The molecule has 0 aromatic carbocycles. The van der Waals surface area contributed by atoms with Crippen LogP contribution in [0.2, 0.25) is 0 Å². The Morgan fingerprint density at radius 3 is 1.29 bits per heavy atom. The first-order valence-corrected chi connectivity index (χ1v) is 19.5. The minimum Gasteiger partial charge on any atom is -0.391 e. The molecule has 0 aliphatic carbocycles. The number of phosphoric ester groups is 1. The van der Waals surface area contributed by atoms with Gasteiger partial charge in [-0.2, -0.15) is 0 Å². The van der Waals surface area contributed by atoms with Gasteiger partial charge in [0.1, 0.15) is 0 Å². The lowest BCUT2D eigenvalue weighted by Crippen LogP contribution is -2.46. The van der Waals surface area contributed by atoms with Crippen LogP contribution in [0, 0.1) is 0 Å². The van der Waals surface area contributed by atoms with Crippen LogP contribution >= 0.6 is 7.82 Å². The van der Waals surface area contributed by atoms with E-state index in [0.29, 0.717) is 12.8 Å². The first-order chi connectivity index (χ1) is 20.3. The van der Waals surface area contributed by atoms with Crippen molar-refractivity contribution in [2.45, 2.75) is 206 Å². The van der Waals surface area contributed by atoms with Crippen molar-refractivity contribution in [2.75, 3.05) is 6.61 Å². The molecule has 0 heterocycles. The summed E-state index contributed by atoms with van der Waals surface area (Å²) in [6.45, 7) is 4.10. The molecule has 0 saturated carbocycles. The van der Waals surface area contributed by atoms with Gasteiger partial charge in [0.25, 0.3) is 0 Å². The summed E-state index contributed by atoms with van der Waals surface area (Å²) in [5.41, 5.74) is 0. The summed E-state index contributed by atoms with van der Waals surface area (Å²) in [7, 11) is -4.68. The number of amides is 1. The van der Waals surface area contributed by atoms with Gasteiger partial charge in [-0.25, -0.2) is 4.57 Å². The van der Waals surface area contributed by atoms with Gasteiger partial charge in [0.2, 0.25) is 5.91 Å². The van der Waals surface area contributed by atoms with Crippen molar-refractivity contribution in [2.24, 2.45) is 0 Å². The minimum absolute atomic E-state index is 0.193. The van der Waals surface area contributed by atoms with Crippen LogP contribution in [0.5, 0.6) is 0 Å². The van der Waals surface area contributed by atoms with Crippen molar-refractivity contribution in [3.8, 4) is 0 Å². The van der Waals surface area contributed by atoms with Crippen molar-refractivity contribution < 1.29 is 28.8 Å². The molecule has 0 fully saturated rings. The molecular formula is C34H70NO6P. The van der Waals surface area contributed by atoms with Crippen LogP contribution in [0.15, 0.2) is 0 Å². The van der Waals surface area contributed by atoms with Crippen LogP contribution in [0.4, 0.5) is 0 Å². The topological polar surface area (TPSA) is 116 Å². The van der Waals surface area contributed by atoms with Crippen molar-refractivity contribution >= 4 is 13.7 Å². The molecule has 42 heavy (non-hydrogen) atoms. The zero-order valence-corrected chi connectivity index (χ0v) is 28.6. The molecular weight excluding hydrogens is 549 g/mol. The Morgan fingerprint density at radius 2 is 0.929 bits per heavy atom. The van der Waals surface area contributed by atoms with E-state index < -0.39 is 26.6 Å². The van der Waals surface area contributed by atoms with Gasteiger partial charge in [-0.1, -0.05) is 174 Å². The quantitative estimate of drug-likeness (QED) is 0.0429. The van der Waals surface area contributed by atoms with E-state index in [1.54, 1.807) is 0 Å². The highest BCUT2D eigenvalue weighted by molar-refractivity contribution is 7.46. The average Bonchev–Trinajstić information content (AvgIpc) is 2.95. The summed E-state index contributed by atoms with van der Waals surface area (Å²) in [5, 5.41) is 13.4. The zero-order valence-electron chi connectivity index (χ0n) is 27.7. The first kappa shape index (κ1) is 41.5. The number of hydrogen-bond acceptors (Lipinski definition) is 4. The largest absolute Gasteiger partial charge is 0.469 e. The van der Waals surface area contributed by atoms with Crippen molar-refractivity contribution in [1.82, 2.24) is 5.32 Å². The Bertz CT molecular complexity index is 629. The highest BCUT2D eigenvalue weighted by atomic mass is 31.2. The summed E-state index contributed by atoms with van der Waals surface area (Å²) >= 11 is 0. The monoisotopic (exact) mass is 619 g/mol. The van der Waals surface area contributed by atoms with Crippen LogP contribution < -0.4 is 5.32 Å². The maximum Gasteiger partial charge on any atom is 0.469 e. The molecule has 0 rings (SSSR count). The van der Waals surface area contributed by atoms with Gasteiger partial charge in [-0.05, 0) is 12.8 Å². The third-order valence-electron chi connectivity index (χ3n) is 8.34. The molecule has 4 N–H and O–H groups in total. The van der Waals surface area contributed by atoms with E-state index in [9.17, 15) is 14.5 Å². The van der Waals surface area contributed by atoms with Gasteiger partial charge in [0.05, 0.1) is 18.8 Å². The molecule has 0 unspecified atom stereocenters. The van der Waals surface area contributed by atoms with E-state index in [0.717, 1.165) is 38.5 Å². The van der Waals surface area contributed by atoms with E-state index in [4.69, 9.17) is 9.79 Å². The lowest BCUT2D eigenvalue weighted by Gasteiger charge is -2.24. The molecule has 2 atom stereocenters. The summed E-state index contributed by atoms with van der Waals surface area (Å²) in [6, 6.07) is -0.815. The Labute approximate surface area is 260 Å². The number of aliphatic hydroxyl groups excluding tert-OH is 1. The number of nitrogens with one attached hydrogen (secondary N) is 1. The highest BCUT2D eigenvalue weighted by Gasteiger charge is 2.25. The smallest absolute Gasteiger partial charge is 0.391 e. The maximum absolute atomic E-state index is 12.5. The third-order valence-corrected chi connectivity index (χ3v) is 8.83. The molecule has 0 aromatic rings. The van der Waals surface area contributed by atoms with E-state index in [1.165, 1.54) is 128 Å². The Kier molecular flexibility index (Phi) is 30.2. The minimum atomic E-state index is -4.68. The van der Waals surface area contributed by atoms with Crippen LogP contribution in [-0.4, -0.2) is 39.6 Å². The fourth-order valence-corrected chi connectivity index (χ4v) is 5.94. The molecule has 0 spiro atoms. The van der Waals surface area contributed by atoms with E-state index in [1.807, 2.05) is 0 Å². The Balaban J connectivity index is 3.98. The molecule has 0 saturated heterocycles. The van der Waals surface area contributed by atoms with Crippen LogP contribution in [0.25, 0.3) is 0 Å². The van der Waals surface area contributed by atoms with E-state index >= 15 is 0 Å². The number of carbonyl (C=O) groups excluding carboxylic acids is 1. The number of carbonyl (C=O) groups is 1. The van der Waals surface area contributed by atoms with Gasteiger partial charge < -0.3 is 20.2 Å². The maximum atomic E-state index is 12.5. The summed E-state index contributed by atoms with van der Waals surface area (Å²) in [4.78, 5) is 30.7. The molecule has 1 amide bonds. The van der Waals surface area contributed by atoms with Gasteiger partial charge in [-0.3, -0.25) is 9.32 Å². The average molecular weight is 620 g/mol. The van der Waals surface area contributed by atoms with Crippen molar-refractivity contribution in [3.05, 3.63) is 0 Å². The number of unbranched alkanes of at least 4 members (excludes halogenated alkanes) is 24. The number of rotatable bonds is 33. The molecule has 0 aromatic heterocycles. The predicted octanol–water partition coefficient (Wildman–Crippen LogP) is 9.90. The van der Waals surface area contributed by atoms with Crippen LogP contribution in [-0.2, 0) is 13.9 Å². The molecule has 252 valence electrons. The van der Waals surface area contributed by atoms with Gasteiger partial charge in [-0.15, -0.1) is 0 Å². The SMILES string of the molecule is CCCCCCCCCCCCCCCC[C@@H](O)[C@H](COP(=O)(O)O)NC(=O)CCCCCCCCCCCCCC. The Morgan fingerprint density at radius 1 is 0.595 bits per heavy atom. The van der Waals surface area contributed by atoms with Gasteiger partial charge in [0.15, 0.2) is 0 Å². The number of hydrogen-bond donors (Lipinski definition) is 4. The standard InChI is InChI=1S/C34H70NO6P/c1-3-5-7-9-11-13-15-17-18-19-21-23-25-27-29-33(36)32(31-41-42(38,39)40)35-34(37)30-28-26-24-22-20-16-14-12-10-8-6-4-2/h32-33,36H,3-31H2,1-2H3,(H,35,37)(H2,38,39,40)/t32-,33+/m0/s1. The second kappa shape index (κ2) is 30.6. The van der Waals surface area contributed by atoms with Crippen molar-refractivity contribution in [3.63, 3.8) is 0 Å². The molecule has 0 aliphatic heterocycles. The molecule has 0 bridgehead atoms.